The third-order valence-corrected chi connectivity index (χ3v) is 14.8. The largest absolute Gasteiger partial charge is 0.462 e. The number of benzene rings is 1. The highest BCUT2D eigenvalue weighted by atomic mass is 32.1. The first-order valence-corrected chi connectivity index (χ1v) is 23.9. The number of methoxy groups -OCH3 is 1. The van der Waals surface area contributed by atoms with Gasteiger partial charge in [-0.05, 0) is 82.3 Å². The van der Waals surface area contributed by atoms with Crippen LogP contribution in [0.2, 0.25) is 0 Å². The maximum absolute atomic E-state index is 14.7. The van der Waals surface area contributed by atoms with Crippen LogP contribution in [-0.4, -0.2) is 141 Å². The van der Waals surface area contributed by atoms with E-state index in [9.17, 15) is 24.3 Å². The molecule has 9 rings (SSSR count). The maximum Gasteiger partial charge on any atom is 0.355 e. The maximum atomic E-state index is 14.7. The van der Waals surface area contributed by atoms with E-state index in [1.165, 1.54) is 21.2 Å². The molecule has 8 bridgehead atoms. The van der Waals surface area contributed by atoms with Gasteiger partial charge in [0.15, 0.2) is 0 Å². The molecular formula is C48H65N9O7S. The van der Waals surface area contributed by atoms with Crippen molar-refractivity contribution in [3.05, 3.63) is 58.2 Å². The molecule has 17 heteroatoms. The van der Waals surface area contributed by atoms with E-state index >= 15 is 0 Å². The van der Waals surface area contributed by atoms with Crippen LogP contribution in [0.15, 0.2) is 41.9 Å². The number of carbonyl (C=O) groups is 4. The average Bonchev–Trinajstić information content (AvgIpc) is 3.88. The van der Waals surface area contributed by atoms with E-state index in [1.807, 2.05) is 51.0 Å². The molecule has 1 aromatic carbocycles. The first-order chi connectivity index (χ1) is 30.9. The number of hydrogen-bond donors (Lipinski definition) is 3. The number of carbonyl (C=O) groups excluding carboxylic acids is 4. The van der Waals surface area contributed by atoms with Crippen LogP contribution in [0.1, 0.15) is 89.6 Å². The summed E-state index contributed by atoms with van der Waals surface area (Å²) >= 11 is 1.39. The van der Waals surface area contributed by atoms with Gasteiger partial charge in [0.2, 0.25) is 11.6 Å². The molecule has 4 amide bonds. The van der Waals surface area contributed by atoms with E-state index in [0.717, 1.165) is 64.1 Å². The van der Waals surface area contributed by atoms with E-state index in [2.05, 4.69) is 58.4 Å². The average molecular weight is 912 g/mol. The number of cyclic esters (lactones) is 1. The Hall–Kier alpha value is -4.94. The molecule has 8 heterocycles. The minimum absolute atomic E-state index is 0.0117. The fraction of sp³-hybridized carbons (Fsp3) is 0.583. The van der Waals surface area contributed by atoms with E-state index in [-0.39, 0.29) is 56.1 Å². The van der Waals surface area contributed by atoms with Crippen molar-refractivity contribution in [2.45, 2.75) is 123 Å². The van der Waals surface area contributed by atoms with Gasteiger partial charge >= 0.3 is 12.0 Å². The number of nitrogens with zero attached hydrogens (tertiary/aromatic N) is 7. The van der Waals surface area contributed by atoms with Gasteiger partial charge in [0.25, 0.3) is 5.91 Å². The van der Waals surface area contributed by atoms with Crippen molar-refractivity contribution in [1.82, 2.24) is 45.0 Å². The zero-order valence-corrected chi connectivity index (χ0v) is 40.0. The summed E-state index contributed by atoms with van der Waals surface area (Å²) in [6.45, 7) is 14.1. The van der Waals surface area contributed by atoms with Gasteiger partial charge < -0.3 is 34.3 Å². The molecule has 0 saturated carbocycles. The predicted molar refractivity (Wildman–Crippen MR) is 248 cm³/mol. The van der Waals surface area contributed by atoms with Crippen molar-refractivity contribution in [1.29, 1.82) is 0 Å². The number of hydrogen-bond acceptors (Lipinski definition) is 12. The molecule has 4 saturated heterocycles. The summed E-state index contributed by atoms with van der Waals surface area (Å²) in [6.07, 6.45) is 4.29. The normalized spacial score (nSPS) is 24.8. The highest BCUT2D eigenvalue weighted by Gasteiger charge is 2.47. The van der Waals surface area contributed by atoms with Gasteiger partial charge in [-0.15, -0.1) is 11.3 Å². The van der Waals surface area contributed by atoms with Crippen molar-refractivity contribution in [3.63, 3.8) is 0 Å². The number of ether oxygens (including phenoxy) is 2. The lowest BCUT2D eigenvalue weighted by Gasteiger charge is -2.51. The summed E-state index contributed by atoms with van der Waals surface area (Å²) < 4.78 is 14.1. The lowest BCUT2D eigenvalue weighted by molar-refractivity contribution is -0.189. The number of amides is 4. The van der Waals surface area contributed by atoms with Gasteiger partial charge in [0.05, 0.1) is 34.8 Å². The Morgan fingerprint density at radius 1 is 1.14 bits per heavy atom. The molecule has 16 nitrogen and oxygen atoms in total. The second-order valence-corrected chi connectivity index (χ2v) is 20.5. The Balaban J connectivity index is 1.18. The number of urea groups is 1. The molecule has 6 atom stereocenters. The Bertz CT molecular complexity index is 2450. The van der Waals surface area contributed by atoms with Crippen molar-refractivity contribution in [3.8, 4) is 22.5 Å². The van der Waals surface area contributed by atoms with Crippen LogP contribution in [0.3, 0.4) is 0 Å². The van der Waals surface area contributed by atoms with Crippen LogP contribution < -0.4 is 10.7 Å². The zero-order valence-electron chi connectivity index (χ0n) is 39.2. The SMILES string of the molecule is CCn1c(-c2cccnc2[C@H](C)OC)c2c3cc(ccc31)-c1csc(n1)C[C@H](NC(=O)[C@H](C(C)C)N(C)C(=O)N1CC3CCC1CN3C)C(=O)N1CCC[C@@](O)(N1)C(=O)OCC(C)(C)C2. The molecule has 0 radical (unpaired) electrons. The number of hydrazine groups is 1. The van der Waals surface area contributed by atoms with Gasteiger partial charge in [0.1, 0.15) is 12.1 Å². The predicted octanol–water partition coefficient (Wildman–Crippen LogP) is 5.38. The molecule has 65 heavy (non-hydrogen) atoms. The fourth-order valence-corrected chi connectivity index (χ4v) is 11.2. The number of piperazine rings is 1. The van der Waals surface area contributed by atoms with E-state index < -0.39 is 41.0 Å². The number of nitrogens with one attached hydrogen (secondary N) is 2. The number of piperidine rings is 2. The molecule has 0 aliphatic carbocycles. The van der Waals surface area contributed by atoms with E-state index in [1.54, 1.807) is 20.4 Å². The third-order valence-electron chi connectivity index (χ3n) is 13.9. The molecule has 5 aliphatic rings. The Morgan fingerprint density at radius 2 is 1.91 bits per heavy atom. The van der Waals surface area contributed by atoms with Crippen molar-refractivity contribution in [2.24, 2.45) is 11.3 Å². The standard InChI is InChI=1S/C48H65N9O7S/c1-10-55-38-17-14-30-21-34(38)35(42(55)33-13-11-19-49-40(33)29(4)63-9)23-47(5,6)27-64-45(60)48(62)18-12-20-57(52-48)44(59)36(22-39-50-37(30)26-65-39)51-43(58)41(28(2)3)54(8)46(61)56-25-31-15-16-32(56)24-53(31)7/h11,13-14,17,19,21,26,28-29,31-32,36,41,52,62H,10,12,15-16,18,20,22-25,27H2,1-9H3,(H,51,58)/t29-,31?,32?,36-,41-,48-/m0/s1. The van der Waals surface area contributed by atoms with Gasteiger partial charge in [-0.25, -0.2) is 14.6 Å². The smallest absolute Gasteiger partial charge is 0.355 e. The topological polar surface area (TPSA) is 175 Å². The molecule has 4 aromatic rings. The molecule has 4 fully saturated rings. The first kappa shape index (κ1) is 46.6. The van der Waals surface area contributed by atoms with Gasteiger partial charge in [-0.2, -0.15) is 5.43 Å². The molecule has 3 aromatic heterocycles. The molecule has 5 aliphatic heterocycles. The number of pyridine rings is 1. The van der Waals surface area contributed by atoms with Gasteiger partial charge in [0, 0.05) is 104 Å². The number of rotatable bonds is 8. The Morgan fingerprint density at radius 3 is 2.60 bits per heavy atom. The number of esters is 1. The van der Waals surface area contributed by atoms with Crippen LogP contribution in [0, 0.1) is 11.3 Å². The number of likely N-dealkylation sites (N-methyl/N-ethyl adjacent to an activating group) is 2. The molecule has 350 valence electrons. The minimum atomic E-state index is -2.20. The third kappa shape index (κ3) is 9.01. The van der Waals surface area contributed by atoms with Crippen molar-refractivity contribution in [2.75, 3.05) is 47.4 Å². The number of thiazole rings is 1. The van der Waals surface area contributed by atoms with Crippen LogP contribution >= 0.6 is 11.3 Å². The van der Waals surface area contributed by atoms with Gasteiger partial charge in [-0.3, -0.25) is 24.5 Å². The second-order valence-electron chi connectivity index (χ2n) is 19.6. The molecule has 2 unspecified atom stereocenters. The highest BCUT2D eigenvalue weighted by molar-refractivity contribution is 7.10. The summed E-state index contributed by atoms with van der Waals surface area (Å²) in [5.41, 5.74) is 6.42. The van der Waals surface area contributed by atoms with Crippen LogP contribution in [0.5, 0.6) is 0 Å². The van der Waals surface area contributed by atoms with E-state index in [0.29, 0.717) is 30.9 Å². The summed E-state index contributed by atoms with van der Waals surface area (Å²) in [7, 11) is 5.42. The monoisotopic (exact) mass is 911 g/mol. The summed E-state index contributed by atoms with van der Waals surface area (Å²) in [6, 6.07) is 8.42. The van der Waals surface area contributed by atoms with Crippen LogP contribution in [0.4, 0.5) is 4.79 Å². The van der Waals surface area contributed by atoms with Crippen LogP contribution in [0.25, 0.3) is 33.4 Å². The number of aromatic nitrogens is 3. The molecule has 3 N–H and O–H groups in total. The minimum Gasteiger partial charge on any atom is -0.462 e. The zero-order chi connectivity index (χ0) is 46.5. The summed E-state index contributed by atoms with van der Waals surface area (Å²) in [5.74, 6) is -2.21. The number of fused-ring (bicyclic) bond motifs is 9. The summed E-state index contributed by atoms with van der Waals surface area (Å²) in [4.78, 5) is 72.9. The fourth-order valence-electron chi connectivity index (χ4n) is 10.4. The molecule has 0 spiro atoms. The van der Waals surface area contributed by atoms with Crippen LogP contribution in [-0.2, 0) is 43.2 Å². The lowest BCUT2D eigenvalue weighted by atomic mass is 9.84. The lowest BCUT2D eigenvalue weighted by Crippen LogP contribution is -2.68. The highest BCUT2D eigenvalue weighted by Crippen LogP contribution is 2.42. The second kappa shape index (κ2) is 18.4. The summed E-state index contributed by atoms with van der Waals surface area (Å²) in [5, 5.41) is 19.7. The first-order valence-electron chi connectivity index (χ1n) is 23.0. The quantitative estimate of drug-likeness (QED) is 0.194. The number of aryl methyl sites for hydroxylation is 1. The van der Waals surface area contributed by atoms with Gasteiger partial charge in [-0.1, -0.05) is 33.8 Å². The molecular weight excluding hydrogens is 847 g/mol. The Kier molecular flexibility index (Phi) is 13.2. The van der Waals surface area contributed by atoms with Crippen molar-refractivity contribution >= 4 is 46.1 Å². The Labute approximate surface area is 385 Å². The van der Waals surface area contributed by atoms with Crippen molar-refractivity contribution < 1.29 is 33.8 Å². The number of aliphatic hydroxyl groups is 1. The van der Waals surface area contributed by atoms with E-state index in [4.69, 9.17) is 19.4 Å².